The normalized spacial score (nSPS) is 32.6. The van der Waals surface area contributed by atoms with Crippen LogP contribution >= 0.6 is 0 Å². The smallest absolute Gasteiger partial charge is 0.250 e. The largest absolute Gasteiger partial charge is 0.486 e. The highest BCUT2D eigenvalue weighted by Crippen LogP contribution is 2.34. The molecule has 0 aromatic carbocycles. The topological polar surface area (TPSA) is 97.5 Å². The van der Waals surface area contributed by atoms with E-state index in [9.17, 15) is 9.90 Å². The molecule has 2 aliphatic rings. The molecule has 2 fully saturated rings. The summed E-state index contributed by atoms with van der Waals surface area (Å²) >= 11 is 0. The van der Waals surface area contributed by atoms with Crippen molar-refractivity contribution in [3.63, 3.8) is 0 Å². The number of hydrogen-bond donors (Lipinski definition) is 3. The number of nitrogens with one attached hydrogen (secondary N) is 1. The Kier molecular flexibility index (Phi) is 3.58. The number of aliphatic hydroxyl groups is 1. The van der Waals surface area contributed by atoms with Gasteiger partial charge in [0.2, 0.25) is 5.91 Å². The Labute approximate surface area is 117 Å². The van der Waals surface area contributed by atoms with Gasteiger partial charge in [-0.3, -0.25) is 9.78 Å². The van der Waals surface area contributed by atoms with Crippen molar-refractivity contribution in [3.05, 3.63) is 24.0 Å². The number of nitrogens with zero attached hydrogens (tertiary/aromatic N) is 1. The molecule has 0 unspecified atom stereocenters. The molecule has 6 heteroatoms. The van der Waals surface area contributed by atoms with E-state index in [4.69, 9.17) is 10.5 Å². The SMILES string of the molecule is NC(=O)c1cncc(O[C@@H]2C[C@@H]3CNC[C@@H]3C[C@H]2O)c1. The summed E-state index contributed by atoms with van der Waals surface area (Å²) in [5, 5.41) is 13.5. The van der Waals surface area contributed by atoms with Crippen LogP contribution in [0.15, 0.2) is 18.5 Å². The van der Waals surface area contributed by atoms with E-state index in [-0.39, 0.29) is 6.10 Å². The maximum atomic E-state index is 11.1. The summed E-state index contributed by atoms with van der Waals surface area (Å²) < 4.78 is 5.82. The van der Waals surface area contributed by atoms with Crippen LogP contribution in [-0.4, -0.2) is 41.3 Å². The molecule has 2 heterocycles. The first kappa shape index (κ1) is 13.3. The summed E-state index contributed by atoms with van der Waals surface area (Å²) in [6.45, 7) is 1.96. The van der Waals surface area contributed by atoms with Gasteiger partial charge in [0.05, 0.1) is 17.9 Å². The zero-order chi connectivity index (χ0) is 14.1. The molecular weight excluding hydrogens is 258 g/mol. The van der Waals surface area contributed by atoms with Crippen molar-refractivity contribution < 1.29 is 14.6 Å². The lowest BCUT2D eigenvalue weighted by Gasteiger charge is -2.35. The van der Waals surface area contributed by atoms with Crippen LogP contribution in [-0.2, 0) is 0 Å². The number of fused-ring (bicyclic) bond motifs is 1. The van der Waals surface area contributed by atoms with Crippen LogP contribution in [0.3, 0.4) is 0 Å². The molecule has 1 aromatic heterocycles. The summed E-state index contributed by atoms with van der Waals surface area (Å²) in [6.07, 6.45) is 3.79. The van der Waals surface area contributed by atoms with Crippen LogP contribution in [0.25, 0.3) is 0 Å². The van der Waals surface area contributed by atoms with Crippen molar-refractivity contribution in [3.8, 4) is 5.75 Å². The van der Waals surface area contributed by atoms with E-state index in [0.717, 1.165) is 25.9 Å². The predicted molar refractivity (Wildman–Crippen MR) is 72.3 cm³/mol. The Hall–Kier alpha value is -1.66. The summed E-state index contributed by atoms with van der Waals surface area (Å²) in [4.78, 5) is 15.1. The molecule has 1 aliphatic carbocycles. The number of carbonyl (C=O) groups is 1. The second-order valence-electron chi connectivity index (χ2n) is 5.65. The number of amides is 1. The number of nitrogens with two attached hydrogens (primary N) is 1. The highest BCUT2D eigenvalue weighted by atomic mass is 16.5. The van der Waals surface area contributed by atoms with E-state index in [2.05, 4.69) is 10.3 Å². The molecule has 108 valence electrons. The Morgan fingerprint density at radius 3 is 2.85 bits per heavy atom. The average molecular weight is 277 g/mol. The van der Waals surface area contributed by atoms with Crippen LogP contribution in [0.4, 0.5) is 0 Å². The van der Waals surface area contributed by atoms with Gasteiger partial charge in [-0.1, -0.05) is 0 Å². The molecule has 0 bridgehead atoms. The van der Waals surface area contributed by atoms with Gasteiger partial charge in [0.25, 0.3) is 0 Å². The second-order valence-corrected chi connectivity index (χ2v) is 5.65. The molecule has 1 saturated heterocycles. The molecule has 20 heavy (non-hydrogen) atoms. The van der Waals surface area contributed by atoms with Gasteiger partial charge >= 0.3 is 0 Å². The van der Waals surface area contributed by atoms with Crippen molar-refractivity contribution in [1.82, 2.24) is 10.3 Å². The third-order valence-electron chi connectivity index (χ3n) is 4.27. The average Bonchev–Trinajstić information content (AvgIpc) is 2.86. The highest BCUT2D eigenvalue weighted by molar-refractivity contribution is 5.92. The first-order valence-electron chi connectivity index (χ1n) is 6.94. The fourth-order valence-corrected chi connectivity index (χ4v) is 3.18. The second kappa shape index (κ2) is 5.38. The lowest BCUT2D eigenvalue weighted by atomic mass is 9.78. The molecule has 3 rings (SSSR count). The third kappa shape index (κ3) is 2.62. The number of rotatable bonds is 3. The van der Waals surface area contributed by atoms with E-state index < -0.39 is 12.0 Å². The minimum Gasteiger partial charge on any atom is -0.486 e. The first-order valence-corrected chi connectivity index (χ1v) is 6.94. The lowest BCUT2D eigenvalue weighted by molar-refractivity contribution is -0.0233. The molecule has 1 amide bonds. The third-order valence-corrected chi connectivity index (χ3v) is 4.27. The number of aromatic nitrogens is 1. The monoisotopic (exact) mass is 277 g/mol. The molecule has 1 aliphatic heterocycles. The van der Waals surface area contributed by atoms with Crippen molar-refractivity contribution in [2.45, 2.75) is 25.0 Å². The molecule has 4 atom stereocenters. The van der Waals surface area contributed by atoms with Crippen LogP contribution in [0.1, 0.15) is 23.2 Å². The molecular formula is C14H19N3O3. The number of carbonyl (C=O) groups excluding carboxylic acids is 1. The number of pyridine rings is 1. The van der Waals surface area contributed by atoms with Gasteiger partial charge in [0.15, 0.2) is 0 Å². The molecule has 1 aromatic rings. The van der Waals surface area contributed by atoms with Gasteiger partial charge in [-0.05, 0) is 43.8 Å². The Bertz CT molecular complexity index is 508. The molecule has 0 spiro atoms. The zero-order valence-corrected chi connectivity index (χ0v) is 11.2. The van der Waals surface area contributed by atoms with Crippen LogP contribution in [0.2, 0.25) is 0 Å². The minimum atomic E-state index is -0.535. The summed E-state index contributed by atoms with van der Waals surface area (Å²) in [6, 6.07) is 1.57. The summed E-state index contributed by atoms with van der Waals surface area (Å²) in [5.41, 5.74) is 5.53. The van der Waals surface area contributed by atoms with E-state index in [1.807, 2.05) is 0 Å². The number of primary amides is 1. The predicted octanol–water partition coefficient (Wildman–Crippen LogP) is -0.0818. The number of aliphatic hydroxyl groups excluding tert-OH is 1. The van der Waals surface area contributed by atoms with Crippen LogP contribution in [0.5, 0.6) is 5.75 Å². The molecule has 4 N–H and O–H groups in total. The lowest BCUT2D eigenvalue weighted by Crippen LogP contribution is -2.42. The maximum absolute atomic E-state index is 11.1. The molecule has 1 saturated carbocycles. The Morgan fingerprint density at radius 2 is 2.10 bits per heavy atom. The summed E-state index contributed by atoms with van der Waals surface area (Å²) in [5.74, 6) is 1.04. The van der Waals surface area contributed by atoms with E-state index >= 15 is 0 Å². The van der Waals surface area contributed by atoms with E-state index in [1.54, 1.807) is 6.07 Å². The minimum absolute atomic E-state index is 0.249. The van der Waals surface area contributed by atoms with Crippen molar-refractivity contribution in [2.75, 3.05) is 13.1 Å². The van der Waals surface area contributed by atoms with Gasteiger partial charge in [-0.25, -0.2) is 0 Å². The van der Waals surface area contributed by atoms with Crippen LogP contribution < -0.4 is 15.8 Å². The van der Waals surface area contributed by atoms with Gasteiger partial charge in [0.1, 0.15) is 11.9 Å². The zero-order valence-electron chi connectivity index (χ0n) is 11.2. The van der Waals surface area contributed by atoms with Crippen molar-refractivity contribution >= 4 is 5.91 Å². The fourth-order valence-electron chi connectivity index (χ4n) is 3.18. The first-order chi connectivity index (χ1) is 9.63. The Balaban J connectivity index is 1.70. The van der Waals surface area contributed by atoms with Crippen molar-refractivity contribution in [1.29, 1.82) is 0 Å². The van der Waals surface area contributed by atoms with Gasteiger partial charge in [-0.15, -0.1) is 0 Å². The van der Waals surface area contributed by atoms with E-state index in [1.165, 1.54) is 12.4 Å². The maximum Gasteiger partial charge on any atom is 0.250 e. The van der Waals surface area contributed by atoms with E-state index in [0.29, 0.717) is 23.1 Å². The van der Waals surface area contributed by atoms with Crippen LogP contribution in [0, 0.1) is 11.8 Å². The van der Waals surface area contributed by atoms with Gasteiger partial charge < -0.3 is 20.9 Å². The molecule has 6 nitrogen and oxygen atoms in total. The highest BCUT2D eigenvalue weighted by Gasteiger charge is 2.39. The summed E-state index contributed by atoms with van der Waals surface area (Å²) in [7, 11) is 0. The van der Waals surface area contributed by atoms with Gasteiger partial charge in [-0.2, -0.15) is 0 Å². The standard InChI is InChI=1S/C14H19N3O3/c15-14(19)10-1-11(7-17-6-10)20-13-3-9-5-16-4-8(9)2-12(13)18/h1,6-9,12-13,16,18H,2-5H2,(H2,15,19)/t8-,9+,12+,13+/m0/s1. The number of hydrogen-bond acceptors (Lipinski definition) is 5. The fraction of sp³-hybridized carbons (Fsp3) is 0.571. The van der Waals surface area contributed by atoms with Crippen molar-refractivity contribution in [2.24, 2.45) is 17.6 Å². The number of ether oxygens (including phenoxy) is 1. The van der Waals surface area contributed by atoms with Gasteiger partial charge in [0, 0.05) is 6.20 Å². The quantitative estimate of drug-likeness (QED) is 0.718. The Morgan fingerprint density at radius 1 is 1.35 bits per heavy atom. The molecule has 0 radical (unpaired) electrons.